The fraction of sp³-hybridized carbons (Fsp3) is 0.231. The van der Waals surface area contributed by atoms with Crippen molar-refractivity contribution >= 4 is 21.9 Å². The Morgan fingerprint density at radius 1 is 1.29 bits per heavy atom. The Kier molecular flexibility index (Phi) is 4.08. The number of alkyl halides is 3. The molecule has 2 aromatic rings. The summed E-state index contributed by atoms with van der Waals surface area (Å²) in [6.07, 6.45) is -4.39. The molecule has 112 valence electrons. The highest BCUT2D eigenvalue weighted by Gasteiger charge is 2.30. The minimum absolute atomic E-state index is 0.0647. The van der Waals surface area contributed by atoms with E-state index in [2.05, 4.69) is 25.8 Å². The van der Waals surface area contributed by atoms with Crippen LogP contribution in [0, 0.1) is 6.92 Å². The number of carbonyl (C=O) groups is 1. The van der Waals surface area contributed by atoms with E-state index in [1.807, 2.05) is 0 Å². The first-order chi connectivity index (χ1) is 9.75. The first-order valence-electron chi connectivity index (χ1n) is 5.76. The zero-order chi connectivity index (χ0) is 15.8. The summed E-state index contributed by atoms with van der Waals surface area (Å²) in [5.41, 5.74) is 0.310. The Hall–Kier alpha value is -1.83. The monoisotopic (exact) mass is 362 g/mol. The molecule has 1 heterocycles. The maximum atomic E-state index is 12.5. The minimum Gasteiger partial charge on any atom is -0.464 e. The third-order valence-corrected chi connectivity index (χ3v) is 3.81. The van der Waals surface area contributed by atoms with Crippen LogP contribution in [0.2, 0.25) is 0 Å². The Labute approximate surface area is 126 Å². The van der Waals surface area contributed by atoms with Crippen molar-refractivity contribution in [3.8, 4) is 5.69 Å². The average Bonchev–Trinajstić information content (AvgIpc) is 2.74. The van der Waals surface area contributed by atoms with Crippen LogP contribution in [-0.2, 0) is 10.9 Å². The van der Waals surface area contributed by atoms with Crippen LogP contribution in [0.1, 0.15) is 21.7 Å². The van der Waals surface area contributed by atoms with Gasteiger partial charge in [-0.1, -0.05) is 0 Å². The molecule has 0 bridgehead atoms. The van der Waals surface area contributed by atoms with Gasteiger partial charge in [0.25, 0.3) is 0 Å². The van der Waals surface area contributed by atoms with E-state index < -0.39 is 17.7 Å². The third-order valence-electron chi connectivity index (χ3n) is 2.86. The largest absolute Gasteiger partial charge is 0.464 e. The van der Waals surface area contributed by atoms with Crippen molar-refractivity contribution in [3.63, 3.8) is 0 Å². The van der Waals surface area contributed by atoms with Crippen LogP contribution in [-0.4, -0.2) is 22.9 Å². The molecule has 0 saturated carbocycles. The number of rotatable bonds is 2. The van der Waals surface area contributed by atoms with Gasteiger partial charge in [-0.2, -0.15) is 18.3 Å². The van der Waals surface area contributed by atoms with Crippen molar-refractivity contribution in [2.75, 3.05) is 7.11 Å². The molecule has 4 nitrogen and oxygen atoms in total. The summed E-state index contributed by atoms with van der Waals surface area (Å²) in [5.74, 6) is -0.629. The topological polar surface area (TPSA) is 44.1 Å². The Morgan fingerprint density at radius 2 is 1.86 bits per heavy atom. The van der Waals surface area contributed by atoms with Crippen LogP contribution >= 0.6 is 15.9 Å². The van der Waals surface area contributed by atoms with Gasteiger partial charge in [0.15, 0.2) is 5.69 Å². The van der Waals surface area contributed by atoms with Crippen LogP contribution < -0.4 is 0 Å². The highest BCUT2D eigenvalue weighted by molar-refractivity contribution is 9.10. The molecule has 0 radical (unpaired) electrons. The summed E-state index contributed by atoms with van der Waals surface area (Å²) in [4.78, 5) is 11.5. The Bertz CT molecular complexity index is 678. The molecule has 1 aromatic carbocycles. The number of methoxy groups -OCH3 is 1. The molecule has 0 atom stereocenters. The standard InChI is InChI=1S/C13H10BrF3N2O2/c1-7-10(14)11(12(20)21-2)18-19(7)9-5-3-8(4-6-9)13(15,16)17/h3-6H,1-2H3. The second kappa shape index (κ2) is 5.51. The zero-order valence-electron chi connectivity index (χ0n) is 11.0. The van der Waals surface area contributed by atoms with Crippen LogP contribution in [0.4, 0.5) is 13.2 Å². The maximum Gasteiger partial charge on any atom is 0.416 e. The van der Waals surface area contributed by atoms with Crippen LogP contribution in [0.15, 0.2) is 28.7 Å². The van der Waals surface area contributed by atoms with E-state index in [1.54, 1.807) is 6.92 Å². The second-order valence-electron chi connectivity index (χ2n) is 4.20. The third kappa shape index (κ3) is 2.94. The van der Waals surface area contributed by atoms with E-state index in [0.29, 0.717) is 15.9 Å². The quantitative estimate of drug-likeness (QED) is 0.764. The lowest BCUT2D eigenvalue weighted by Gasteiger charge is -2.08. The molecule has 0 aliphatic rings. The average molecular weight is 363 g/mol. The molecule has 21 heavy (non-hydrogen) atoms. The van der Waals surface area contributed by atoms with Gasteiger partial charge in [0, 0.05) is 0 Å². The van der Waals surface area contributed by atoms with Crippen LogP contribution in [0.25, 0.3) is 5.69 Å². The number of hydrogen-bond donors (Lipinski definition) is 0. The molecule has 0 unspecified atom stereocenters. The Balaban J connectivity index is 2.46. The molecule has 0 fully saturated rings. The number of nitrogens with zero attached hydrogens (tertiary/aromatic N) is 2. The molecule has 2 rings (SSSR count). The van der Waals surface area contributed by atoms with Crippen molar-refractivity contribution in [1.82, 2.24) is 9.78 Å². The number of hydrogen-bond acceptors (Lipinski definition) is 3. The lowest BCUT2D eigenvalue weighted by atomic mass is 10.2. The van der Waals surface area contributed by atoms with Gasteiger partial charge in [0.05, 0.1) is 28.5 Å². The van der Waals surface area contributed by atoms with Crippen LogP contribution in [0.5, 0.6) is 0 Å². The first-order valence-corrected chi connectivity index (χ1v) is 6.56. The number of halogens is 4. The van der Waals surface area contributed by atoms with Gasteiger partial charge in [-0.3, -0.25) is 0 Å². The van der Waals surface area contributed by atoms with Crippen LogP contribution in [0.3, 0.4) is 0 Å². The number of esters is 1. The van der Waals surface area contributed by atoms with Crippen molar-refractivity contribution in [2.45, 2.75) is 13.1 Å². The van der Waals surface area contributed by atoms with Gasteiger partial charge in [-0.15, -0.1) is 0 Å². The van der Waals surface area contributed by atoms with E-state index >= 15 is 0 Å². The molecule has 0 aliphatic carbocycles. The fourth-order valence-electron chi connectivity index (χ4n) is 1.75. The Morgan fingerprint density at radius 3 is 2.33 bits per heavy atom. The molecular formula is C13H10BrF3N2O2. The number of carbonyl (C=O) groups excluding carboxylic acids is 1. The molecule has 0 saturated heterocycles. The highest BCUT2D eigenvalue weighted by Crippen LogP contribution is 2.30. The number of benzene rings is 1. The highest BCUT2D eigenvalue weighted by atomic mass is 79.9. The van der Waals surface area contributed by atoms with E-state index in [-0.39, 0.29) is 5.69 Å². The van der Waals surface area contributed by atoms with E-state index in [9.17, 15) is 18.0 Å². The molecule has 0 N–H and O–H groups in total. The van der Waals surface area contributed by atoms with Gasteiger partial charge < -0.3 is 4.74 Å². The molecule has 0 aliphatic heterocycles. The molecule has 0 amide bonds. The number of ether oxygens (including phenoxy) is 1. The van der Waals surface area contributed by atoms with Gasteiger partial charge in [0.2, 0.25) is 0 Å². The summed E-state index contributed by atoms with van der Waals surface area (Å²) < 4.78 is 44.0. The smallest absolute Gasteiger partial charge is 0.416 e. The summed E-state index contributed by atoms with van der Waals surface area (Å²) in [5, 5.41) is 4.06. The molecule has 1 aromatic heterocycles. The van der Waals surface area contributed by atoms with Crippen molar-refractivity contribution in [2.24, 2.45) is 0 Å². The van der Waals surface area contributed by atoms with E-state index in [0.717, 1.165) is 12.1 Å². The van der Waals surface area contributed by atoms with Gasteiger partial charge in [-0.25, -0.2) is 9.48 Å². The maximum absolute atomic E-state index is 12.5. The predicted molar refractivity (Wildman–Crippen MR) is 72.3 cm³/mol. The normalized spacial score (nSPS) is 11.5. The first kappa shape index (κ1) is 15.6. The minimum atomic E-state index is -4.39. The molecule has 8 heteroatoms. The summed E-state index contributed by atoms with van der Waals surface area (Å²) >= 11 is 3.22. The number of aromatic nitrogens is 2. The predicted octanol–water partition coefficient (Wildman–Crippen LogP) is 3.75. The SMILES string of the molecule is COC(=O)c1nn(-c2ccc(C(F)(F)F)cc2)c(C)c1Br. The molecule has 0 spiro atoms. The lowest BCUT2D eigenvalue weighted by Crippen LogP contribution is -2.07. The zero-order valence-corrected chi connectivity index (χ0v) is 12.6. The summed E-state index contributed by atoms with van der Waals surface area (Å²) in [6.45, 7) is 1.68. The van der Waals surface area contributed by atoms with Gasteiger partial charge in [-0.05, 0) is 47.1 Å². The lowest BCUT2D eigenvalue weighted by molar-refractivity contribution is -0.137. The second-order valence-corrected chi connectivity index (χ2v) is 4.99. The van der Waals surface area contributed by atoms with Gasteiger partial charge in [0.1, 0.15) is 0 Å². The van der Waals surface area contributed by atoms with E-state index in [4.69, 9.17) is 0 Å². The van der Waals surface area contributed by atoms with Gasteiger partial charge >= 0.3 is 12.1 Å². The summed E-state index contributed by atoms with van der Waals surface area (Å²) in [6, 6.07) is 4.50. The van der Waals surface area contributed by atoms with Crippen molar-refractivity contribution < 1.29 is 22.7 Å². The van der Waals surface area contributed by atoms with Crippen molar-refractivity contribution in [3.05, 3.63) is 45.7 Å². The summed E-state index contributed by atoms with van der Waals surface area (Å²) in [7, 11) is 1.22. The van der Waals surface area contributed by atoms with Crippen molar-refractivity contribution in [1.29, 1.82) is 0 Å². The van der Waals surface area contributed by atoms with E-state index in [1.165, 1.54) is 23.9 Å². The fourth-order valence-corrected chi connectivity index (χ4v) is 2.16. The molecular weight excluding hydrogens is 353 g/mol.